The molecule has 3 aromatic rings. The van der Waals surface area contributed by atoms with Gasteiger partial charge in [0, 0.05) is 42.4 Å². The lowest BCUT2D eigenvalue weighted by molar-refractivity contribution is -0.120. The molecule has 1 unspecified atom stereocenters. The fourth-order valence-electron chi connectivity index (χ4n) is 6.63. The van der Waals surface area contributed by atoms with E-state index in [2.05, 4.69) is 66.2 Å². The van der Waals surface area contributed by atoms with Gasteiger partial charge in [0.15, 0.2) is 0 Å². The van der Waals surface area contributed by atoms with Crippen molar-refractivity contribution >= 4 is 16.7 Å². The first kappa shape index (κ1) is 24.3. The second-order valence-electron chi connectivity index (χ2n) is 11.3. The van der Waals surface area contributed by atoms with Gasteiger partial charge in [-0.1, -0.05) is 67.3 Å². The molecule has 2 aliphatic rings. The molecule has 1 heterocycles. The van der Waals surface area contributed by atoms with Crippen molar-refractivity contribution in [3.63, 3.8) is 0 Å². The molecule has 186 valence electrons. The van der Waals surface area contributed by atoms with E-state index in [0.29, 0.717) is 24.5 Å². The number of Topliss-reactive ketones (excluding diaryl/α,β-unsaturated/α-hetero) is 1. The van der Waals surface area contributed by atoms with Crippen LogP contribution in [0.1, 0.15) is 93.2 Å². The van der Waals surface area contributed by atoms with Gasteiger partial charge in [-0.15, -0.1) is 0 Å². The summed E-state index contributed by atoms with van der Waals surface area (Å²) < 4.78 is 2.48. The lowest BCUT2D eigenvalue weighted by Gasteiger charge is -2.25. The number of ketones is 1. The van der Waals surface area contributed by atoms with Crippen LogP contribution in [0.5, 0.6) is 0 Å². The molecule has 35 heavy (non-hydrogen) atoms. The molecule has 3 heteroatoms. The molecule has 0 aliphatic heterocycles. The Labute approximate surface area is 210 Å². The van der Waals surface area contributed by atoms with Gasteiger partial charge in [0.25, 0.3) is 0 Å². The van der Waals surface area contributed by atoms with E-state index in [1.54, 1.807) is 0 Å². The number of fused-ring (bicyclic) bond motifs is 1. The minimum atomic E-state index is -0.170. The topological polar surface area (TPSA) is 42.2 Å². The molecular weight excluding hydrogens is 430 g/mol. The Morgan fingerprint density at radius 1 is 0.943 bits per heavy atom. The predicted octanol–water partition coefficient (Wildman–Crippen LogP) is 7.56. The normalized spacial score (nSPS) is 22.3. The third-order valence-corrected chi connectivity index (χ3v) is 8.58. The Kier molecular flexibility index (Phi) is 7.72. The summed E-state index contributed by atoms with van der Waals surface area (Å²) in [5.41, 5.74) is 5.10. The highest BCUT2D eigenvalue weighted by atomic mass is 16.3. The highest BCUT2D eigenvalue weighted by Gasteiger charge is 2.27. The van der Waals surface area contributed by atoms with Crippen LogP contribution in [-0.4, -0.2) is 21.6 Å². The van der Waals surface area contributed by atoms with Crippen LogP contribution >= 0.6 is 0 Å². The average Bonchev–Trinajstić information content (AvgIpc) is 3.23. The van der Waals surface area contributed by atoms with Gasteiger partial charge in [-0.05, 0) is 74.5 Å². The van der Waals surface area contributed by atoms with Crippen LogP contribution in [0.15, 0.2) is 54.7 Å². The maximum absolute atomic E-state index is 13.4. The molecule has 0 amide bonds. The van der Waals surface area contributed by atoms with E-state index in [0.717, 1.165) is 38.1 Å². The number of aliphatic hydroxyl groups excluding tert-OH is 1. The third-order valence-electron chi connectivity index (χ3n) is 8.58. The molecule has 0 spiro atoms. The van der Waals surface area contributed by atoms with Crippen LogP contribution in [0.25, 0.3) is 10.9 Å². The van der Waals surface area contributed by atoms with Crippen molar-refractivity contribution in [1.82, 2.24) is 4.57 Å². The summed E-state index contributed by atoms with van der Waals surface area (Å²) in [6.07, 6.45) is 13.8. The number of carbonyl (C=O) groups is 1. The lowest BCUT2D eigenvalue weighted by Crippen LogP contribution is -2.21. The Morgan fingerprint density at radius 3 is 2.49 bits per heavy atom. The molecule has 1 aromatic heterocycles. The maximum atomic E-state index is 13.4. The van der Waals surface area contributed by atoms with E-state index in [4.69, 9.17) is 0 Å². The van der Waals surface area contributed by atoms with Crippen molar-refractivity contribution in [2.45, 2.75) is 96.1 Å². The molecular formula is C32H41NO2. The van der Waals surface area contributed by atoms with Crippen molar-refractivity contribution in [3.8, 4) is 0 Å². The van der Waals surface area contributed by atoms with E-state index in [-0.39, 0.29) is 12.0 Å². The molecule has 0 saturated heterocycles. The number of nitrogens with zero attached hydrogens (tertiary/aromatic N) is 1. The molecule has 1 N–H and O–H groups in total. The number of rotatable bonds is 8. The zero-order valence-corrected chi connectivity index (χ0v) is 21.3. The van der Waals surface area contributed by atoms with Crippen LogP contribution in [0.2, 0.25) is 0 Å². The number of benzene rings is 2. The number of carbonyl (C=O) groups excluding carboxylic acids is 1. The highest BCUT2D eigenvalue weighted by Crippen LogP contribution is 2.38. The minimum Gasteiger partial charge on any atom is -0.393 e. The van der Waals surface area contributed by atoms with Gasteiger partial charge in [-0.3, -0.25) is 4.79 Å². The van der Waals surface area contributed by atoms with Crippen LogP contribution in [0, 0.1) is 18.8 Å². The van der Waals surface area contributed by atoms with E-state index < -0.39 is 0 Å². The van der Waals surface area contributed by atoms with Crippen LogP contribution < -0.4 is 0 Å². The number of aliphatic hydroxyl groups is 1. The molecule has 3 nitrogen and oxygen atoms in total. The summed E-state index contributed by atoms with van der Waals surface area (Å²) in [6, 6.07) is 17.5. The summed E-state index contributed by atoms with van der Waals surface area (Å²) >= 11 is 0. The van der Waals surface area contributed by atoms with Crippen LogP contribution in [0.4, 0.5) is 0 Å². The fourth-order valence-corrected chi connectivity index (χ4v) is 6.63. The van der Waals surface area contributed by atoms with Gasteiger partial charge in [-0.2, -0.15) is 0 Å². The number of aryl methyl sites for hydroxylation is 1. The van der Waals surface area contributed by atoms with Crippen molar-refractivity contribution in [3.05, 3.63) is 71.4 Å². The standard InChI is InChI=1S/C32H41NO2/c1-23-8-7-11-26(18-23)30(20-28(35)19-24-14-16-27(34)17-15-24)31-22-33(21-25-9-3-2-4-10-25)32-13-6-5-12-29(31)32/h5-8,11-13,18,22,24-25,27,30,34H,2-4,9-10,14-17,19-21H2,1H3. The molecule has 0 radical (unpaired) electrons. The van der Waals surface area contributed by atoms with Crippen LogP contribution in [-0.2, 0) is 11.3 Å². The number of hydrogen-bond acceptors (Lipinski definition) is 2. The van der Waals surface area contributed by atoms with Gasteiger partial charge in [0.1, 0.15) is 5.78 Å². The Balaban J connectivity index is 1.45. The predicted molar refractivity (Wildman–Crippen MR) is 144 cm³/mol. The molecule has 0 bridgehead atoms. The molecule has 2 fully saturated rings. The first-order valence-corrected chi connectivity index (χ1v) is 13.9. The molecule has 2 saturated carbocycles. The Morgan fingerprint density at radius 2 is 1.71 bits per heavy atom. The molecule has 1 atom stereocenters. The van der Waals surface area contributed by atoms with Crippen molar-refractivity contribution in [2.75, 3.05) is 0 Å². The number of hydrogen-bond donors (Lipinski definition) is 1. The van der Waals surface area contributed by atoms with E-state index in [9.17, 15) is 9.90 Å². The van der Waals surface area contributed by atoms with Crippen molar-refractivity contribution < 1.29 is 9.90 Å². The Hall–Kier alpha value is -2.39. The number of aromatic nitrogens is 1. The monoisotopic (exact) mass is 471 g/mol. The summed E-state index contributed by atoms with van der Waals surface area (Å²) in [4.78, 5) is 13.4. The van der Waals surface area contributed by atoms with E-state index in [1.165, 1.54) is 59.7 Å². The second kappa shape index (κ2) is 11.1. The van der Waals surface area contributed by atoms with Gasteiger partial charge in [-0.25, -0.2) is 0 Å². The van der Waals surface area contributed by atoms with Gasteiger partial charge >= 0.3 is 0 Å². The second-order valence-corrected chi connectivity index (χ2v) is 11.3. The van der Waals surface area contributed by atoms with Crippen molar-refractivity contribution in [1.29, 1.82) is 0 Å². The third kappa shape index (κ3) is 5.89. The summed E-state index contributed by atoms with van der Waals surface area (Å²) in [5.74, 6) is 1.63. The molecule has 2 aliphatic carbocycles. The maximum Gasteiger partial charge on any atom is 0.134 e. The first-order valence-electron chi connectivity index (χ1n) is 13.9. The van der Waals surface area contributed by atoms with Gasteiger partial charge in [0.2, 0.25) is 0 Å². The smallest absolute Gasteiger partial charge is 0.134 e. The Bertz CT molecular complexity index is 1130. The van der Waals surface area contributed by atoms with E-state index in [1.807, 2.05) is 0 Å². The van der Waals surface area contributed by atoms with Crippen molar-refractivity contribution in [2.24, 2.45) is 11.8 Å². The minimum absolute atomic E-state index is 0.0779. The quantitative estimate of drug-likeness (QED) is 0.368. The molecule has 2 aromatic carbocycles. The zero-order valence-electron chi connectivity index (χ0n) is 21.3. The average molecular weight is 472 g/mol. The zero-order chi connectivity index (χ0) is 24.2. The highest BCUT2D eigenvalue weighted by molar-refractivity contribution is 5.87. The fraction of sp³-hybridized carbons (Fsp3) is 0.531. The molecule has 5 rings (SSSR count). The summed E-state index contributed by atoms with van der Waals surface area (Å²) in [7, 11) is 0. The SMILES string of the molecule is Cc1cccc(C(CC(=O)CC2CCC(O)CC2)c2cn(CC3CCCCC3)c3ccccc23)c1. The van der Waals surface area contributed by atoms with Crippen LogP contribution in [0.3, 0.4) is 0 Å². The summed E-state index contributed by atoms with van der Waals surface area (Å²) in [6.45, 7) is 3.22. The van der Waals surface area contributed by atoms with Gasteiger partial charge in [0.05, 0.1) is 6.10 Å². The first-order chi connectivity index (χ1) is 17.1. The largest absolute Gasteiger partial charge is 0.393 e. The summed E-state index contributed by atoms with van der Waals surface area (Å²) in [5, 5.41) is 11.2. The van der Waals surface area contributed by atoms with E-state index >= 15 is 0 Å². The number of para-hydroxylation sites is 1. The lowest BCUT2D eigenvalue weighted by atomic mass is 9.81. The van der Waals surface area contributed by atoms with Gasteiger partial charge < -0.3 is 9.67 Å².